The van der Waals surface area contributed by atoms with Gasteiger partial charge in [0.2, 0.25) is 0 Å². The van der Waals surface area contributed by atoms with Crippen LogP contribution in [-0.4, -0.2) is 41.1 Å². The van der Waals surface area contributed by atoms with Crippen LogP contribution in [0.4, 0.5) is 0 Å². The summed E-state index contributed by atoms with van der Waals surface area (Å²) in [5.74, 6) is -0.490. The van der Waals surface area contributed by atoms with Gasteiger partial charge in [-0.3, -0.25) is 14.6 Å². The highest BCUT2D eigenvalue weighted by atomic mass is 16.4. The van der Waals surface area contributed by atoms with Crippen LogP contribution in [0.15, 0.2) is 35.3 Å². The second-order valence-corrected chi connectivity index (χ2v) is 7.05. The average Bonchev–Trinajstić information content (AvgIpc) is 3.14. The van der Waals surface area contributed by atoms with Crippen LogP contribution in [0.1, 0.15) is 63.7 Å². The highest BCUT2D eigenvalue weighted by Crippen LogP contribution is 2.28. The first-order valence-electron chi connectivity index (χ1n) is 9.37. The van der Waals surface area contributed by atoms with Crippen molar-refractivity contribution in [1.82, 2.24) is 15.6 Å². The fraction of sp³-hybridized carbons (Fsp3) is 0.381. The van der Waals surface area contributed by atoms with Crippen molar-refractivity contribution in [3.05, 3.63) is 59.3 Å². The largest absolute Gasteiger partial charge is 0.450 e. The van der Waals surface area contributed by atoms with Crippen molar-refractivity contribution in [2.75, 3.05) is 7.05 Å². The number of furan rings is 1. The molecule has 2 heterocycles. The smallest absolute Gasteiger partial charge is 0.286 e. The summed E-state index contributed by atoms with van der Waals surface area (Å²) in [6, 6.07) is 6.90. The lowest BCUT2D eigenvalue weighted by atomic mass is 9.93. The van der Waals surface area contributed by atoms with Gasteiger partial charge in [0.05, 0.1) is 17.4 Å². The third-order valence-electron chi connectivity index (χ3n) is 4.93. The standard InChI is InChI=1S/C21H25N3O4/c1-12-5-4-6-17(23-12)13(2)19-16(11-18(28-19)21(27)22-3)20(26)24-14-7-9-15(25)10-8-14/h4-6,11,14-15,25H,2,7-10H2,1,3H3,(H,22,27)(H,24,26)/t14-,15+. The number of aliphatic hydroxyl groups excluding tert-OH is 1. The maximum absolute atomic E-state index is 12.9. The minimum atomic E-state index is -0.425. The summed E-state index contributed by atoms with van der Waals surface area (Å²) in [4.78, 5) is 29.4. The van der Waals surface area contributed by atoms with E-state index in [1.54, 1.807) is 6.07 Å². The quantitative estimate of drug-likeness (QED) is 0.736. The van der Waals surface area contributed by atoms with E-state index in [0.717, 1.165) is 5.69 Å². The Morgan fingerprint density at radius 1 is 1.21 bits per heavy atom. The van der Waals surface area contributed by atoms with Gasteiger partial charge in [-0.2, -0.15) is 0 Å². The molecule has 3 N–H and O–H groups in total. The molecule has 0 atom stereocenters. The number of amides is 2. The lowest BCUT2D eigenvalue weighted by molar-refractivity contribution is 0.0866. The number of aromatic nitrogens is 1. The van der Waals surface area contributed by atoms with Crippen LogP contribution in [0.2, 0.25) is 0 Å². The van der Waals surface area contributed by atoms with E-state index < -0.39 is 5.91 Å². The Labute approximate surface area is 163 Å². The zero-order valence-corrected chi connectivity index (χ0v) is 16.1. The highest BCUT2D eigenvalue weighted by Gasteiger charge is 2.27. The van der Waals surface area contributed by atoms with E-state index in [0.29, 0.717) is 37.0 Å². The van der Waals surface area contributed by atoms with Gasteiger partial charge in [0.25, 0.3) is 11.8 Å². The van der Waals surface area contributed by atoms with Gasteiger partial charge in [-0.1, -0.05) is 12.6 Å². The molecule has 148 valence electrons. The molecule has 1 fully saturated rings. The third-order valence-corrected chi connectivity index (χ3v) is 4.93. The van der Waals surface area contributed by atoms with E-state index >= 15 is 0 Å². The molecule has 2 aromatic heterocycles. The maximum Gasteiger partial charge on any atom is 0.286 e. The fourth-order valence-corrected chi connectivity index (χ4v) is 3.33. The van der Waals surface area contributed by atoms with Gasteiger partial charge in [-0.25, -0.2) is 0 Å². The Kier molecular flexibility index (Phi) is 5.94. The molecular weight excluding hydrogens is 358 g/mol. The first-order chi connectivity index (χ1) is 13.4. The maximum atomic E-state index is 12.9. The Bertz CT molecular complexity index is 895. The Hall–Kier alpha value is -2.93. The monoisotopic (exact) mass is 383 g/mol. The number of hydrogen-bond acceptors (Lipinski definition) is 5. The van der Waals surface area contributed by atoms with Crippen molar-refractivity contribution in [2.24, 2.45) is 0 Å². The van der Waals surface area contributed by atoms with Crippen LogP contribution in [0.25, 0.3) is 5.57 Å². The summed E-state index contributed by atoms with van der Waals surface area (Å²) in [6.07, 6.45) is 2.44. The molecule has 1 aliphatic carbocycles. The van der Waals surface area contributed by atoms with Crippen molar-refractivity contribution in [3.63, 3.8) is 0 Å². The van der Waals surface area contributed by atoms with E-state index in [9.17, 15) is 14.7 Å². The summed E-state index contributed by atoms with van der Waals surface area (Å²) >= 11 is 0. The molecule has 2 amide bonds. The summed E-state index contributed by atoms with van der Waals surface area (Å²) < 4.78 is 5.70. The zero-order valence-electron chi connectivity index (χ0n) is 16.1. The van der Waals surface area contributed by atoms with Crippen LogP contribution in [-0.2, 0) is 0 Å². The first-order valence-corrected chi connectivity index (χ1v) is 9.37. The predicted molar refractivity (Wildman–Crippen MR) is 105 cm³/mol. The summed E-state index contributed by atoms with van der Waals surface area (Å²) in [6.45, 7) is 5.89. The molecule has 0 saturated heterocycles. The number of aliphatic hydroxyl groups is 1. The minimum Gasteiger partial charge on any atom is -0.450 e. The van der Waals surface area contributed by atoms with E-state index in [2.05, 4.69) is 22.2 Å². The van der Waals surface area contributed by atoms with Crippen LogP contribution in [0.3, 0.4) is 0 Å². The number of rotatable bonds is 5. The molecule has 0 bridgehead atoms. The Morgan fingerprint density at radius 2 is 1.93 bits per heavy atom. The van der Waals surface area contributed by atoms with Crippen LogP contribution in [0.5, 0.6) is 0 Å². The SMILES string of the molecule is C=C(c1cccc(C)n1)c1oc(C(=O)NC)cc1C(=O)N[C@H]1CC[C@@H](O)CC1. The van der Waals surface area contributed by atoms with Crippen molar-refractivity contribution < 1.29 is 19.1 Å². The molecule has 0 unspecified atom stereocenters. The number of carbonyl (C=O) groups is 2. The van der Waals surface area contributed by atoms with Crippen LogP contribution < -0.4 is 10.6 Å². The molecule has 7 heteroatoms. The van der Waals surface area contributed by atoms with E-state index in [-0.39, 0.29) is 35.1 Å². The molecule has 2 aromatic rings. The van der Waals surface area contributed by atoms with Gasteiger partial charge < -0.3 is 20.2 Å². The molecule has 1 aliphatic rings. The minimum absolute atomic E-state index is 0.0209. The van der Waals surface area contributed by atoms with E-state index in [4.69, 9.17) is 4.42 Å². The lowest BCUT2D eigenvalue weighted by Gasteiger charge is -2.26. The van der Waals surface area contributed by atoms with Gasteiger partial charge in [-0.05, 0) is 44.7 Å². The van der Waals surface area contributed by atoms with E-state index in [1.165, 1.54) is 13.1 Å². The molecule has 0 aromatic carbocycles. The highest BCUT2D eigenvalue weighted by molar-refractivity contribution is 6.02. The molecule has 0 spiro atoms. The van der Waals surface area contributed by atoms with Crippen molar-refractivity contribution in [1.29, 1.82) is 0 Å². The molecule has 0 aliphatic heterocycles. The topological polar surface area (TPSA) is 104 Å². The Morgan fingerprint density at radius 3 is 2.57 bits per heavy atom. The van der Waals surface area contributed by atoms with Crippen molar-refractivity contribution >= 4 is 17.4 Å². The molecule has 28 heavy (non-hydrogen) atoms. The number of carbonyl (C=O) groups excluding carboxylic acids is 2. The molecule has 3 rings (SSSR count). The van der Waals surface area contributed by atoms with Gasteiger partial charge >= 0.3 is 0 Å². The summed E-state index contributed by atoms with van der Waals surface area (Å²) in [5.41, 5.74) is 2.07. The van der Waals surface area contributed by atoms with Crippen LogP contribution >= 0.6 is 0 Å². The summed E-state index contributed by atoms with van der Waals surface area (Å²) in [7, 11) is 1.49. The third kappa shape index (κ3) is 4.31. The Balaban J connectivity index is 1.90. The molecule has 1 saturated carbocycles. The van der Waals surface area contributed by atoms with Gasteiger partial charge in [0.15, 0.2) is 5.76 Å². The second-order valence-electron chi connectivity index (χ2n) is 7.05. The number of nitrogens with zero attached hydrogens (tertiary/aromatic N) is 1. The average molecular weight is 383 g/mol. The van der Waals surface area contributed by atoms with Crippen molar-refractivity contribution in [2.45, 2.75) is 44.8 Å². The lowest BCUT2D eigenvalue weighted by Crippen LogP contribution is -2.38. The molecular formula is C21H25N3O4. The molecule has 0 radical (unpaired) electrons. The van der Waals surface area contributed by atoms with E-state index in [1.807, 2.05) is 19.1 Å². The first kappa shape index (κ1) is 19.8. The fourth-order valence-electron chi connectivity index (χ4n) is 3.33. The van der Waals surface area contributed by atoms with Crippen molar-refractivity contribution in [3.8, 4) is 0 Å². The predicted octanol–water partition coefficient (Wildman–Crippen LogP) is 2.44. The van der Waals surface area contributed by atoms with Gasteiger partial charge in [-0.15, -0.1) is 0 Å². The zero-order chi connectivity index (χ0) is 20.3. The number of aryl methyl sites for hydroxylation is 1. The number of hydrogen-bond donors (Lipinski definition) is 3. The van der Waals surface area contributed by atoms with Crippen LogP contribution in [0, 0.1) is 6.92 Å². The van der Waals surface area contributed by atoms with Gasteiger partial charge in [0, 0.05) is 30.4 Å². The summed E-state index contributed by atoms with van der Waals surface area (Å²) in [5, 5.41) is 15.1. The van der Waals surface area contributed by atoms with Gasteiger partial charge in [0.1, 0.15) is 5.76 Å². The normalized spacial score (nSPS) is 19.1. The number of pyridine rings is 1. The number of nitrogens with one attached hydrogen (secondary N) is 2. The second kappa shape index (κ2) is 8.39. The molecule has 7 nitrogen and oxygen atoms in total.